The van der Waals surface area contributed by atoms with Crippen LogP contribution < -0.4 is 4.74 Å². The van der Waals surface area contributed by atoms with Gasteiger partial charge in [0.25, 0.3) is 0 Å². The van der Waals surface area contributed by atoms with Crippen LogP contribution in [0.25, 0.3) is 0 Å². The molecule has 0 aliphatic heterocycles. The third-order valence-corrected chi connectivity index (χ3v) is 1.86. The number of hydrogen-bond donors (Lipinski definition) is 0. The molecule has 0 fully saturated rings. The fraction of sp³-hybridized carbons (Fsp3) is 0.250. The molecule has 1 aromatic rings. The van der Waals surface area contributed by atoms with E-state index in [1.807, 2.05) is 0 Å². The monoisotopic (exact) mass is 320 g/mol. The first-order chi connectivity index (χ1) is 6.37. The highest BCUT2D eigenvalue weighted by atomic mass is 127. The molecule has 0 N–H and O–H groups in total. The van der Waals surface area contributed by atoms with E-state index in [0.717, 1.165) is 6.07 Å². The predicted molar refractivity (Wildman–Crippen MR) is 50.7 cm³/mol. The van der Waals surface area contributed by atoms with Gasteiger partial charge in [0.15, 0.2) is 6.61 Å². The topological polar surface area (TPSA) is 9.23 Å². The fourth-order valence-corrected chi connectivity index (χ4v) is 1.38. The van der Waals surface area contributed by atoms with Crippen molar-refractivity contribution in [1.82, 2.24) is 0 Å². The third kappa shape index (κ3) is 4.12. The second kappa shape index (κ2) is 4.33. The number of rotatable bonds is 2. The maximum Gasteiger partial charge on any atom is 0.422 e. The first-order valence-electron chi connectivity index (χ1n) is 3.52. The lowest BCUT2D eigenvalue weighted by molar-refractivity contribution is -0.153. The summed E-state index contributed by atoms with van der Waals surface area (Å²) in [5.41, 5.74) is 0. The molecule has 1 nitrogen and oxygen atoms in total. The van der Waals surface area contributed by atoms with Crippen LogP contribution in [0.5, 0.6) is 5.75 Å². The summed E-state index contributed by atoms with van der Waals surface area (Å²) in [5.74, 6) is -0.735. The molecule has 78 valence electrons. The van der Waals surface area contributed by atoms with E-state index in [0.29, 0.717) is 3.57 Å². The van der Waals surface area contributed by atoms with Gasteiger partial charge in [0, 0.05) is 9.64 Å². The second-order valence-electron chi connectivity index (χ2n) is 2.51. The summed E-state index contributed by atoms with van der Waals surface area (Å²) in [6.45, 7) is -1.41. The molecule has 0 heterocycles. The van der Waals surface area contributed by atoms with Crippen molar-refractivity contribution in [3.63, 3.8) is 0 Å². The minimum absolute atomic E-state index is 0.119. The van der Waals surface area contributed by atoms with Gasteiger partial charge in [-0.2, -0.15) is 13.2 Å². The van der Waals surface area contributed by atoms with Crippen LogP contribution in [0.1, 0.15) is 0 Å². The molecule has 1 aromatic carbocycles. The molecule has 14 heavy (non-hydrogen) atoms. The van der Waals surface area contributed by atoms with Crippen LogP contribution in [0.15, 0.2) is 18.2 Å². The molecule has 0 bridgehead atoms. The van der Waals surface area contributed by atoms with Crippen molar-refractivity contribution in [3.8, 4) is 5.75 Å². The van der Waals surface area contributed by atoms with E-state index in [9.17, 15) is 17.6 Å². The Morgan fingerprint density at radius 1 is 1.21 bits per heavy atom. The molecular formula is C8H5F4IO. The SMILES string of the molecule is Fc1cc(I)cc(OCC(F)(F)F)c1. The summed E-state index contributed by atoms with van der Waals surface area (Å²) >= 11 is 1.79. The molecule has 0 saturated heterocycles. The zero-order valence-corrected chi connectivity index (χ0v) is 8.89. The van der Waals surface area contributed by atoms with E-state index in [-0.39, 0.29) is 5.75 Å². The van der Waals surface area contributed by atoms with E-state index in [4.69, 9.17) is 0 Å². The highest BCUT2D eigenvalue weighted by Gasteiger charge is 2.28. The maximum atomic E-state index is 12.7. The quantitative estimate of drug-likeness (QED) is 0.600. The smallest absolute Gasteiger partial charge is 0.422 e. The summed E-state index contributed by atoms with van der Waals surface area (Å²) in [6, 6.07) is 3.43. The fourth-order valence-electron chi connectivity index (χ4n) is 0.777. The van der Waals surface area contributed by atoms with Crippen molar-refractivity contribution in [2.24, 2.45) is 0 Å². The zero-order valence-electron chi connectivity index (χ0n) is 6.74. The van der Waals surface area contributed by atoms with Crippen LogP contribution >= 0.6 is 22.6 Å². The Kier molecular flexibility index (Phi) is 3.57. The minimum Gasteiger partial charge on any atom is -0.484 e. The molecule has 0 saturated carbocycles. The van der Waals surface area contributed by atoms with Crippen molar-refractivity contribution in [1.29, 1.82) is 0 Å². The van der Waals surface area contributed by atoms with Crippen molar-refractivity contribution >= 4 is 22.6 Å². The molecule has 0 spiro atoms. The highest BCUT2D eigenvalue weighted by molar-refractivity contribution is 14.1. The van der Waals surface area contributed by atoms with Crippen LogP contribution in [0, 0.1) is 9.39 Å². The third-order valence-electron chi connectivity index (χ3n) is 1.24. The molecule has 0 aliphatic carbocycles. The summed E-state index contributed by atoms with van der Waals surface area (Å²) in [4.78, 5) is 0. The first kappa shape index (κ1) is 11.5. The van der Waals surface area contributed by atoms with Crippen LogP contribution in [0.4, 0.5) is 17.6 Å². The van der Waals surface area contributed by atoms with Crippen molar-refractivity contribution in [2.75, 3.05) is 6.61 Å². The van der Waals surface area contributed by atoms with E-state index < -0.39 is 18.6 Å². The molecule has 0 amide bonds. The van der Waals surface area contributed by atoms with E-state index in [1.54, 1.807) is 22.6 Å². The summed E-state index contributed by atoms with van der Waals surface area (Å²) in [5, 5.41) is 0. The first-order valence-corrected chi connectivity index (χ1v) is 4.60. The predicted octanol–water partition coefficient (Wildman–Crippen LogP) is 3.37. The van der Waals surface area contributed by atoms with Gasteiger partial charge in [-0.15, -0.1) is 0 Å². The average molecular weight is 320 g/mol. The second-order valence-corrected chi connectivity index (χ2v) is 3.75. The molecule has 0 radical (unpaired) electrons. The number of halogens is 5. The molecule has 0 unspecified atom stereocenters. The van der Waals surface area contributed by atoms with E-state index >= 15 is 0 Å². The van der Waals surface area contributed by atoms with Gasteiger partial charge >= 0.3 is 6.18 Å². The number of hydrogen-bond acceptors (Lipinski definition) is 1. The Bertz CT molecular complexity index is 303. The summed E-state index contributed by atoms with van der Waals surface area (Å²) < 4.78 is 52.7. The van der Waals surface area contributed by atoms with Gasteiger partial charge in [0.1, 0.15) is 11.6 Å². The molecule has 0 atom stereocenters. The van der Waals surface area contributed by atoms with Crippen LogP contribution in [-0.2, 0) is 0 Å². The van der Waals surface area contributed by atoms with Gasteiger partial charge in [-0.05, 0) is 34.7 Å². The summed E-state index contributed by atoms with van der Waals surface area (Å²) in [7, 11) is 0. The maximum absolute atomic E-state index is 12.7. The van der Waals surface area contributed by atoms with E-state index in [1.165, 1.54) is 12.1 Å². The average Bonchev–Trinajstić information content (AvgIpc) is 1.97. The Morgan fingerprint density at radius 3 is 2.36 bits per heavy atom. The number of benzene rings is 1. The molecule has 1 rings (SSSR count). The zero-order chi connectivity index (χ0) is 10.8. The Hall–Kier alpha value is -0.530. The minimum atomic E-state index is -4.41. The lowest BCUT2D eigenvalue weighted by atomic mass is 10.3. The van der Waals surface area contributed by atoms with Crippen molar-refractivity contribution in [3.05, 3.63) is 27.6 Å². The molecule has 0 aromatic heterocycles. The van der Waals surface area contributed by atoms with Gasteiger partial charge in [-0.3, -0.25) is 0 Å². The van der Waals surface area contributed by atoms with Gasteiger partial charge < -0.3 is 4.74 Å². The van der Waals surface area contributed by atoms with Crippen LogP contribution in [-0.4, -0.2) is 12.8 Å². The molecule has 6 heteroatoms. The van der Waals surface area contributed by atoms with Crippen molar-refractivity contribution < 1.29 is 22.3 Å². The van der Waals surface area contributed by atoms with E-state index in [2.05, 4.69) is 4.74 Å². The van der Waals surface area contributed by atoms with Gasteiger partial charge in [-0.25, -0.2) is 4.39 Å². The standard InChI is InChI=1S/C8H5F4IO/c9-5-1-6(13)3-7(2-5)14-4-8(10,11)12/h1-3H,4H2. The summed E-state index contributed by atoms with van der Waals surface area (Å²) in [6.07, 6.45) is -4.41. The van der Waals surface area contributed by atoms with Crippen molar-refractivity contribution in [2.45, 2.75) is 6.18 Å². The Labute approximate surface area is 91.2 Å². The van der Waals surface area contributed by atoms with Crippen LogP contribution in [0.3, 0.4) is 0 Å². The van der Waals surface area contributed by atoms with Gasteiger partial charge in [-0.1, -0.05) is 0 Å². The number of alkyl halides is 3. The Balaban J connectivity index is 2.68. The molecule has 0 aliphatic rings. The molecular weight excluding hydrogens is 315 g/mol. The highest BCUT2D eigenvalue weighted by Crippen LogP contribution is 2.21. The Morgan fingerprint density at radius 2 is 1.86 bits per heavy atom. The lowest BCUT2D eigenvalue weighted by Gasteiger charge is -2.09. The van der Waals surface area contributed by atoms with Gasteiger partial charge in [0.2, 0.25) is 0 Å². The normalized spacial score (nSPS) is 11.5. The van der Waals surface area contributed by atoms with Gasteiger partial charge in [0.05, 0.1) is 0 Å². The van der Waals surface area contributed by atoms with Crippen LogP contribution in [0.2, 0.25) is 0 Å². The number of ether oxygens (including phenoxy) is 1. The largest absolute Gasteiger partial charge is 0.484 e. The lowest BCUT2D eigenvalue weighted by Crippen LogP contribution is -2.19.